The fourth-order valence-corrected chi connectivity index (χ4v) is 2.10. The molecule has 0 spiro atoms. The first kappa shape index (κ1) is 20.1. The van der Waals surface area contributed by atoms with Gasteiger partial charge in [-0.3, -0.25) is 4.79 Å². The quantitative estimate of drug-likeness (QED) is 0.309. The van der Waals surface area contributed by atoms with Crippen LogP contribution in [0.2, 0.25) is 0 Å². The molecule has 0 bridgehead atoms. The third-order valence-electron chi connectivity index (χ3n) is 3.36. The third-order valence-corrected chi connectivity index (χ3v) is 3.36. The Balaban J connectivity index is 3.67. The summed E-state index contributed by atoms with van der Waals surface area (Å²) in [5.41, 5.74) is 0. The highest BCUT2D eigenvalue weighted by atomic mass is 16.4. The van der Waals surface area contributed by atoms with Crippen LogP contribution in [0.4, 0.5) is 0 Å². The molecule has 0 fully saturated rings. The molecule has 0 aliphatic heterocycles. The molecule has 5 heteroatoms. The molecule has 0 amide bonds. The second-order valence-electron chi connectivity index (χ2n) is 5.53. The molecule has 124 valence electrons. The van der Waals surface area contributed by atoms with Crippen LogP contribution >= 0.6 is 0 Å². The minimum atomic E-state index is -0.788. The van der Waals surface area contributed by atoms with E-state index in [1.807, 2.05) is 6.92 Å². The number of rotatable bonds is 13. The maximum atomic E-state index is 10.3. The zero-order valence-electron chi connectivity index (χ0n) is 12.9. The normalized spacial score (nSPS) is 16.0. The molecule has 0 aromatic heterocycles. The third kappa shape index (κ3) is 13.8. The lowest BCUT2D eigenvalue weighted by molar-refractivity contribution is -0.137. The Morgan fingerprint density at radius 2 is 1.52 bits per heavy atom. The number of hydrogen-bond acceptors (Lipinski definition) is 4. The smallest absolute Gasteiger partial charge is 0.303 e. The van der Waals surface area contributed by atoms with Gasteiger partial charge in [-0.25, -0.2) is 0 Å². The van der Waals surface area contributed by atoms with E-state index in [0.717, 1.165) is 25.7 Å². The summed E-state index contributed by atoms with van der Waals surface area (Å²) >= 11 is 0. The number of hydrogen-bond donors (Lipinski definition) is 4. The predicted octanol–water partition coefficient (Wildman–Crippen LogP) is 2.24. The summed E-state index contributed by atoms with van der Waals surface area (Å²) in [5.74, 6) is -0.788. The Morgan fingerprint density at radius 3 is 2.10 bits per heavy atom. The van der Waals surface area contributed by atoms with E-state index in [9.17, 15) is 20.1 Å². The van der Waals surface area contributed by atoms with Crippen LogP contribution < -0.4 is 0 Å². The fourth-order valence-electron chi connectivity index (χ4n) is 2.10. The number of aliphatic hydroxyl groups excluding tert-OH is 3. The molecule has 3 unspecified atom stereocenters. The first-order valence-electron chi connectivity index (χ1n) is 7.90. The van der Waals surface area contributed by atoms with Crippen LogP contribution in [0.1, 0.15) is 64.7 Å². The van der Waals surface area contributed by atoms with Gasteiger partial charge in [0.05, 0.1) is 18.3 Å². The second kappa shape index (κ2) is 12.8. The van der Waals surface area contributed by atoms with Crippen molar-refractivity contribution >= 4 is 5.97 Å². The van der Waals surface area contributed by atoms with Gasteiger partial charge >= 0.3 is 5.97 Å². The number of carbonyl (C=O) groups is 1. The van der Waals surface area contributed by atoms with E-state index in [0.29, 0.717) is 25.7 Å². The van der Waals surface area contributed by atoms with Crippen molar-refractivity contribution in [3.05, 3.63) is 12.2 Å². The zero-order chi connectivity index (χ0) is 16.1. The van der Waals surface area contributed by atoms with Gasteiger partial charge in [0.2, 0.25) is 0 Å². The molecular formula is C16H30O5. The maximum absolute atomic E-state index is 10.3. The van der Waals surface area contributed by atoms with E-state index in [4.69, 9.17) is 5.11 Å². The first-order chi connectivity index (χ1) is 9.95. The summed E-state index contributed by atoms with van der Waals surface area (Å²) in [6.45, 7) is 2.01. The summed E-state index contributed by atoms with van der Waals surface area (Å²) in [6.07, 6.45) is 7.18. The minimum absolute atomic E-state index is 0.171. The topological polar surface area (TPSA) is 98.0 Å². The Kier molecular flexibility index (Phi) is 12.2. The van der Waals surface area contributed by atoms with Gasteiger partial charge in [-0.15, -0.1) is 0 Å². The van der Waals surface area contributed by atoms with Gasteiger partial charge in [0.15, 0.2) is 0 Å². The average molecular weight is 302 g/mol. The van der Waals surface area contributed by atoms with Crippen molar-refractivity contribution in [1.29, 1.82) is 0 Å². The van der Waals surface area contributed by atoms with Gasteiger partial charge in [-0.2, -0.15) is 0 Å². The van der Waals surface area contributed by atoms with Gasteiger partial charge in [-0.05, 0) is 32.1 Å². The molecule has 0 aliphatic carbocycles. The number of carboxylic acids is 1. The van der Waals surface area contributed by atoms with Crippen molar-refractivity contribution < 1.29 is 25.2 Å². The number of unbranched alkanes of at least 4 members (excludes halogenated alkanes) is 2. The van der Waals surface area contributed by atoms with Crippen molar-refractivity contribution in [1.82, 2.24) is 0 Å². The van der Waals surface area contributed by atoms with Gasteiger partial charge < -0.3 is 20.4 Å². The van der Waals surface area contributed by atoms with Gasteiger partial charge in [0, 0.05) is 6.42 Å². The van der Waals surface area contributed by atoms with Crippen LogP contribution in [-0.4, -0.2) is 44.7 Å². The van der Waals surface area contributed by atoms with E-state index < -0.39 is 18.2 Å². The highest BCUT2D eigenvalue weighted by Gasteiger charge is 2.07. The lowest BCUT2D eigenvalue weighted by Crippen LogP contribution is -2.12. The van der Waals surface area contributed by atoms with Crippen molar-refractivity contribution in [3.63, 3.8) is 0 Å². The molecule has 0 radical (unpaired) electrons. The van der Waals surface area contributed by atoms with E-state index in [-0.39, 0.29) is 12.5 Å². The molecule has 0 saturated heterocycles. The monoisotopic (exact) mass is 302 g/mol. The summed E-state index contributed by atoms with van der Waals surface area (Å²) in [4.78, 5) is 10.3. The number of aliphatic hydroxyl groups is 3. The summed E-state index contributed by atoms with van der Waals surface area (Å²) in [7, 11) is 0. The average Bonchev–Trinajstić information content (AvgIpc) is 2.42. The summed E-state index contributed by atoms with van der Waals surface area (Å²) < 4.78 is 0. The standard InChI is InChI=1S/C16H30O5/c1-2-6-13(17)9-11-15(19)12-10-14(18)7-4-3-5-8-16(20)21/h10,12-15,17-19H,2-9,11H2,1H3,(H,20,21)/b12-10+. The predicted molar refractivity (Wildman–Crippen MR) is 82.0 cm³/mol. The van der Waals surface area contributed by atoms with Crippen LogP contribution in [0.15, 0.2) is 12.2 Å². The van der Waals surface area contributed by atoms with Crippen LogP contribution in [0.5, 0.6) is 0 Å². The van der Waals surface area contributed by atoms with E-state index in [2.05, 4.69) is 0 Å². The highest BCUT2D eigenvalue weighted by Crippen LogP contribution is 2.10. The SMILES string of the molecule is CCCC(O)CCC(O)/C=C/C(O)CCCCCC(=O)O. The first-order valence-corrected chi connectivity index (χ1v) is 7.90. The largest absolute Gasteiger partial charge is 0.481 e. The Bertz CT molecular complexity index is 290. The molecule has 0 aliphatic rings. The molecule has 5 nitrogen and oxygen atoms in total. The van der Waals surface area contributed by atoms with Crippen LogP contribution in [0.3, 0.4) is 0 Å². The van der Waals surface area contributed by atoms with Crippen molar-refractivity contribution in [2.24, 2.45) is 0 Å². The zero-order valence-corrected chi connectivity index (χ0v) is 12.9. The van der Waals surface area contributed by atoms with Crippen LogP contribution in [-0.2, 0) is 4.79 Å². The van der Waals surface area contributed by atoms with Gasteiger partial charge in [0.25, 0.3) is 0 Å². The molecule has 4 N–H and O–H groups in total. The molecule has 0 saturated carbocycles. The number of carboxylic acid groups (broad SMARTS) is 1. The Hall–Kier alpha value is -0.910. The highest BCUT2D eigenvalue weighted by molar-refractivity contribution is 5.66. The van der Waals surface area contributed by atoms with Crippen molar-refractivity contribution in [2.75, 3.05) is 0 Å². The Labute approximate surface area is 127 Å². The fraction of sp³-hybridized carbons (Fsp3) is 0.812. The summed E-state index contributed by atoms with van der Waals surface area (Å²) in [6, 6.07) is 0. The molecule has 21 heavy (non-hydrogen) atoms. The number of aliphatic carboxylic acids is 1. The maximum Gasteiger partial charge on any atom is 0.303 e. The molecule has 0 aromatic carbocycles. The molecule has 0 aromatic rings. The second-order valence-corrected chi connectivity index (χ2v) is 5.53. The lowest BCUT2D eigenvalue weighted by Gasteiger charge is -2.11. The van der Waals surface area contributed by atoms with Gasteiger partial charge in [-0.1, -0.05) is 38.3 Å². The molecule has 3 atom stereocenters. The molecule has 0 heterocycles. The van der Waals surface area contributed by atoms with Crippen LogP contribution in [0, 0.1) is 0 Å². The van der Waals surface area contributed by atoms with E-state index in [1.165, 1.54) is 0 Å². The Morgan fingerprint density at radius 1 is 0.905 bits per heavy atom. The van der Waals surface area contributed by atoms with E-state index >= 15 is 0 Å². The summed E-state index contributed by atoms with van der Waals surface area (Å²) in [5, 5.41) is 37.5. The van der Waals surface area contributed by atoms with Gasteiger partial charge in [0.1, 0.15) is 0 Å². The minimum Gasteiger partial charge on any atom is -0.481 e. The van der Waals surface area contributed by atoms with Crippen LogP contribution in [0.25, 0.3) is 0 Å². The van der Waals surface area contributed by atoms with E-state index in [1.54, 1.807) is 12.2 Å². The van der Waals surface area contributed by atoms with Crippen molar-refractivity contribution in [2.45, 2.75) is 83.0 Å². The van der Waals surface area contributed by atoms with Crippen molar-refractivity contribution in [3.8, 4) is 0 Å². The molecule has 0 rings (SSSR count). The lowest BCUT2D eigenvalue weighted by atomic mass is 10.0. The molecular weight excluding hydrogens is 272 g/mol.